The summed E-state index contributed by atoms with van der Waals surface area (Å²) in [6.45, 7) is 8.40. The number of benzene rings is 2. The molecule has 2 aromatic carbocycles. The van der Waals surface area contributed by atoms with Crippen molar-refractivity contribution in [1.82, 2.24) is 5.32 Å². The number of nitriles is 1. The molecule has 0 aromatic heterocycles. The molecule has 1 aliphatic rings. The summed E-state index contributed by atoms with van der Waals surface area (Å²) < 4.78 is 12.7. The van der Waals surface area contributed by atoms with Gasteiger partial charge in [-0.3, -0.25) is 4.79 Å². The van der Waals surface area contributed by atoms with E-state index in [-0.39, 0.29) is 28.9 Å². The molecule has 1 fully saturated rings. The average Bonchev–Trinajstić information content (AvgIpc) is 2.69. The first-order chi connectivity index (χ1) is 13.6. The summed E-state index contributed by atoms with van der Waals surface area (Å²) >= 11 is 2.22. The van der Waals surface area contributed by atoms with Gasteiger partial charge in [-0.2, -0.15) is 5.26 Å². The molecule has 6 heteroatoms. The third-order valence-corrected chi connectivity index (χ3v) is 6.49. The molecular formula is C23H25IN2O3. The molecule has 2 aromatic rings. The molecule has 29 heavy (non-hydrogen) atoms. The molecule has 1 saturated carbocycles. The Labute approximate surface area is 185 Å². The Morgan fingerprint density at radius 2 is 1.72 bits per heavy atom. The van der Waals surface area contributed by atoms with Crippen molar-refractivity contribution in [3.05, 3.63) is 57.2 Å². The van der Waals surface area contributed by atoms with Crippen LogP contribution < -0.4 is 14.8 Å². The zero-order chi connectivity index (χ0) is 21.4. The van der Waals surface area contributed by atoms with Gasteiger partial charge >= 0.3 is 0 Å². The number of hydrogen-bond acceptors (Lipinski definition) is 4. The topological polar surface area (TPSA) is 71.3 Å². The van der Waals surface area contributed by atoms with Crippen LogP contribution in [-0.4, -0.2) is 25.2 Å². The van der Waals surface area contributed by atoms with Crippen LogP contribution in [0.25, 0.3) is 0 Å². The molecule has 5 nitrogen and oxygen atoms in total. The molecule has 3 rings (SSSR count). The molecule has 0 unspecified atom stereocenters. The summed E-state index contributed by atoms with van der Waals surface area (Å²) in [5.74, 6) is 1.06. The van der Waals surface area contributed by atoms with E-state index in [2.05, 4.69) is 61.7 Å². The number of halogens is 1. The largest absolute Gasteiger partial charge is 0.495 e. The average molecular weight is 504 g/mol. The monoisotopic (exact) mass is 504 g/mol. The van der Waals surface area contributed by atoms with E-state index in [1.807, 2.05) is 24.3 Å². The van der Waals surface area contributed by atoms with E-state index in [4.69, 9.17) is 14.7 Å². The Morgan fingerprint density at radius 3 is 2.28 bits per heavy atom. The summed E-state index contributed by atoms with van der Waals surface area (Å²) in [5.41, 5.74) is 0.570. The Hall–Kier alpha value is -2.27. The molecule has 0 radical (unpaired) electrons. The second-order valence-electron chi connectivity index (χ2n) is 8.53. The summed E-state index contributed by atoms with van der Waals surface area (Å²) in [4.78, 5) is 12.8. The van der Waals surface area contributed by atoms with Crippen LogP contribution in [0.15, 0.2) is 42.5 Å². The van der Waals surface area contributed by atoms with Crippen LogP contribution in [0.1, 0.15) is 43.6 Å². The molecule has 0 bridgehead atoms. The van der Waals surface area contributed by atoms with E-state index in [1.54, 1.807) is 18.2 Å². The van der Waals surface area contributed by atoms with Crippen molar-refractivity contribution in [1.29, 1.82) is 5.26 Å². The first kappa shape index (κ1) is 21.4. The fraction of sp³-hybridized carbons (Fsp3) is 0.391. The number of nitrogens with one attached hydrogen (secondary N) is 1. The summed E-state index contributed by atoms with van der Waals surface area (Å²) in [6.07, 6.45) is -0.116. The Bertz CT molecular complexity index is 945. The standard InChI is InChI=1S/C23H25IN2O3/c1-22(2)20(26-19(27)14-6-9-16(24)10-7-14)23(3,4)21(22)29-17-11-8-15(13-25)18(12-17)28-5/h6-12,20-21H,1-5H3,(H,26,27). The van der Waals surface area contributed by atoms with Crippen LogP contribution in [0.4, 0.5) is 0 Å². The van der Waals surface area contributed by atoms with Crippen LogP contribution in [0, 0.1) is 25.7 Å². The smallest absolute Gasteiger partial charge is 0.251 e. The maximum atomic E-state index is 12.8. The van der Waals surface area contributed by atoms with E-state index in [0.717, 1.165) is 3.57 Å². The molecular weight excluding hydrogens is 479 g/mol. The van der Waals surface area contributed by atoms with Crippen molar-refractivity contribution in [2.45, 2.75) is 39.8 Å². The highest BCUT2D eigenvalue weighted by Gasteiger charge is 2.64. The first-order valence-electron chi connectivity index (χ1n) is 9.42. The van der Waals surface area contributed by atoms with Crippen LogP contribution in [0.5, 0.6) is 11.5 Å². The zero-order valence-electron chi connectivity index (χ0n) is 17.2. The van der Waals surface area contributed by atoms with Crippen molar-refractivity contribution in [2.24, 2.45) is 10.8 Å². The van der Waals surface area contributed by atoms with Crippen molar-refractivity contribution >= 4 is 28.5 Å². The minimum absolute atomic E-state index is 0.0490. The number of hydrogen-bond donors (Lipinski definition) is 1. The highest BCUT2D eigenvalue weighted by atomic mass is 127. The molecule has 152 valence electrons. The molecule has 1 N–H and O–H groups in total. The fourth-order valence-corrected chi connectivity index (χ4v) is 4.95. The van der Waals surface area contributed by atoms with E-state index in [9.17, 15) is 4.79 Å². The third kappa shape index (κ3) is 3.93. The summed E-state index contributed by atoms with van der Waals surface area (Å²) in [5, 5.41) is 12.4. The zero-order valence-corrected chi connectivity index (χ0v) is 19.4. The minimum atomic E-state index is -0.274. The number of ether oxygens (including phenoxy) is 2. The molecule has 1 aliphatic carbocycles. The van der Waals surface area contributed by atoms with Crippen LogP contribution in [0.2, 0.25) is 0 Å². The summed E-state index contributed by atoms with van der Waals surface area (Å²) in [6, 6.07) is 14.8. The maximum Gasteiger partial charge on any atom is 0.251 e. The van der Waals surface area contributed by atoms with Gasteiger partial charge in [0.1, 0.15) is 23.7 Å². The van der Waals surface area contributed by atoms with Crippen LogP contribution in [0.3, 0.4) is 0 Å². The van der Waals surface area contributed by atoms with Crippen molar-refractivity contribution in [2.75, 3.05) is 7.11 Å². The lowest BCUT2D eigenvalue weighted by atomic mass is 9.49. The van der Waals surface area contributed by atoms with Gasteiger partial charge in [0.25, 0.3) is 5.91 Å². The number of rotatable bonds is 5. The number of carbonyl (C=O) groups is 1. The first-order valence-corrected chi connectivity index (χ1v) is 10.5. The molecule has 1 amide bonds. The third-order valence-electron chi connectivity index (χ3n) is 5.77. The molecule has 0 aliphatic heterocycles. The van der Waals surface area contributed by atoms with Gasteiger partial charge in [0.15, 0.2) is 0 Å². The van der Waals surface area contributed by atoms with Gasteiger partial charge in [0.2, 0.25) is 0 Å². The van der Waals surface area contributed by atoms with E-state index in [1.165, 1.54) is 7.11 Å². The van der Waals surface area contributed by atoms with Crippen LogP contribution in [-0.2, 0) is 0 Å². The predicted molar refractivity (Wildman–Crippen MR) is 120 cm³/mol. The number of methoxy groups -OCH3 is 1. The lowest BCUT2D eigenvalue weighted by molar-refractivity contribution is -0.164. The Balaban J connectivity index is 1.77. The number of amides is 1. The molecule has 0 atom stereocenters. The van der Waals surface area contributed by atoms with Crippen molar-refractivity contribution in [3.63, 3.8) is 0 Å². The van der Waals surface area contributed by atoms with Crippen molar-refractivity contribution in [3.8, 4) is 17.6 Å². The molecule has 0 spiro atoms. The highest BCUT2D eigenvalue weighted by molar-refractivity contribution is 14.1. The van der Waals surface area contributed by atoms with Gasteiger partial charge in [-0.1, -0.05) is 27.7 Å². The number of carbonyl (C=O) groups excluding carboxylic acids is 1. The fourth-order valence-electron chi connectivity index (χ4n) is 4.59. The normalized spacial score (nSPS) is 21.4. The van der Waals surface area contributed by atoms with Crippen LogP contribution >= 0.6 is 22.6 Å². The maximum absolute atomic E-state index is 12.8. The van der Waals surface area contributed by atoms with Crippen molar-refractivity contribution < 1.29 is 14.3 Å². The lowest BCUT2D eigenvalue weighted by Gasteiger charge is -2.63. The van der Waals surface area contributed by atoms with Gasteiger partial charge in [0.05, 0.1) is 12.7 Å². The summed E-state index contributed by atoms with van der Waals surface area (Å²) in [7, 11) is 1.54. The number of nitrogens with zero attached hydrogens (tertiary/aromatic N) is 1. The van der Waals surface area contributed by atoms with Gasteiger partial charge in [0, 0.05) is 32.1 Å². The minimum Gasteiger partial charge on any atom is -0.495 e. The Morgan fingerprint density at radius 1 is 1.10 bits per heavy atom. The second kappa shape index (κ2) is 7.86. The van der Waals surface area contributed by atoms with Gasteiger partial charge in [-0.05, 0) is 59.0 Å². The SMILES string of the molecule is COc1cc(OC2C(C)(C)C(NC(=O)c3ccc(I)cc3)C2(C)C)ccc1C#N. The van der Waals surface area contributed by atoms with Gasteiger partial charge in [-0.25, -0.2) is 0 Å². The van der Waals surface area contributed by atoms with E-state index < -0.39 is 0 Å². The molecule has 0 heterocycles. The molecule has 0 saturated heterocycles. The van der Waals surface area contributed by atoms with E-state index in [0.29, 0.717) is 22.6 Å². The second-order valence-corrected chi connectivity index (χ2v) is 9.77. The van der Waals surface area contributed by atoms with E-state index >= 15 is 0 Å². The van der Waals surface area contributed by atoms with Gasteiger partial charge < -0.3 is 14.8 Å². The highest BCUT2D eigenvalue weighted by Crippen LogP contribution is 2.55. The predicted octanol–water partition coefficient (Wildman–Crippen LogP) is 4.78. The Kier molecular flexibility index (Phi) is 5.81. The quantitative estimate of drug-likeness (QED) is 0.595. The van der Waals surface area contributed by atoms with Gasteiger partial charge in [-0.15, -0.1) is 0 Å². The lowest BCUT2D eigenvalue weighted by Crippen LogP contribution is -2.74.